The molecule has 1 aliphatic heterocycles. The van der Waals surface area contributed by atoms with E-state index in [2.05, 4.69) is 107 Å². The highest BCUT2D eigenvalue weighted by atomic mass is 32.1. The minimum absolute atomic E-state index is 0.730. The molecular weight excluding hydrogens is 407 g/mol. The molecule has 0 aliphatic carbocycles. The van der Waals surface area contributed by atoms with E-state index < -0.39 is 7.05 Å². The van der Waals surface area contributed by atoms with Crippen molar-refractivity contribution in [1.82, 2.24) is 14.4 Å². The number of aromatic nitrogens is 1. The molecule has 156 valence electrons. The van der Waals surface area contributed by atoms with Gasteiger partial charge in [-0.2, -0.15) is 0 Å². The van der Waals surface area contributed by atoms with Crippen molar-refractivity contribution in [3.63, 3.8) is 0 Å². The Morgan fingerprint density at radius 2 is 1.43 bits per heavy atom. The highest BCUT2D eigenvalue weighted by molar-refractivity contribution is 7.88. The van der Waals surface area contributed by atoms with E-state index in [1.165, 1.54) is 16.0 Å². The zero-order chi connectivity index (χ0) is 21.0. The third-order valence-electron chi connectivity index (χ3n) is 5.83. The third kappa shape index (κ3) is 4.02. The second-order valence-corrected chi connectivity index (χ2v) is 10.9. The molecule has 0 amide bonds. The summed E-state index contributed by atoms with van der Waals surface area (Å²) in [7, 11) is -0.191. The Hall–Kier alpha value is -2.20. The Balaban J connectivity index is 1.90. The van der Waals surface area contributed by atoms with E-state index in [1.54, 1.807) is 0 Å². The molecule has 0 N–H and O–H groups in total. The van der Waals surface area contributed by atoms with E-state index in [-0.39, 0.29) is 0 Å². The van der Waals surface area contributed by atoms with E-state index in [0.29, 0.717) is 0 Å². The Bertz CT molecular complexity index is 994. The highest BCUT2D eigenvalue weighted by Gasteiger charge is 2.31. The summed E-state index contributed by atoms with van der Waals surface area (Å²) in [6.07, 6.45) is 2.11. The van der Waals surface area contributed by atoms with E-state index in [9.17, 15) is 0 Å². The summed E-state index contributed by atoms with van der Waals surface area (Å²) in [5.74, 6) is 0. The lowest BCUT2D eigenvalue weighted by molar-refractivity contribution is 0.191. The molecule has 6 heteroatoms. The monoisotopic (exact) mass is 436 g/mol. The minimum atomic E-state index is -2.30. The molecule has 1 saturated heterocycles. The first kappa shape index (κ1) is 21.0. The van der Waals surface area contributed by atoms with E-state index in [1.807, 2.05) is 0 Å². The van der Waals surface area contributed by atoms with Gasteiger partial charge < -0.3 is 14.4 Å². The Morgan fingerprint density at radius 3 is 1.90 bits per heavy atom. The van der Waals surface area contributed by atoms with Gasteiger partial charge in [0.1, 0.15) is 0 Å². The Morgan fingerprint density at radius 1 is 0.867 bits per heavy atom. The van der Waals surface area contributed by atoms with E-state index in [4.69, 9.17) is 17.0 Å². The molecule has 1 aliphatic rings. The van der Waals surface area contributed by atoms with Gasteiger partial charge in [-0.15, -0.1) is 0 Å². The first-order chi connectivity index (χ1) is 14.6. The number of likely N-dealkylation sites (N-methyl/N-ethyl adjacent to an activating group) is 1. The molecule has 4 rings (SSSR count). The van der Waals surface area contributed by atoms with Crippen molar-refractivity contribution in [1.29, 1.82) is 0 Å². The maximum Gasteiger partial charge on any atom is 0.195 e. The van der Waals surface area contributed by atoms with Crippen LogP contribution in [0.15, 0.2) is 83.7 Å². The lowest BCUT2D eigenvalue weighted by Gasteiger charge is -2.35. The van der Waals surface area contributed by atoms with Crippen LogP contribution in [0.1, 0.15) is 6.92 Å². The molecule has 0 spiro atoms. The van der Waals surface area contributed by atoms with Gasteiger partial charge in [0.25, 0.3) is 0 Å². The minimum Gasteiger partial charge on any atom is -0.349 e. The van der Waals surface area contributed by atoms with Crippen molar-refractivity contribution in [3.8, 4) is 0 Å². The molecular formula is C24H29N4PS. The standard InChI is InChI=1S/C24H29N4PS/c1-3-27-17-19-28(20-18-27)24(30)25-29(21-11-6-4-7-12-21,22-13-8-5-9-14-22)23-15-10-16-26(23)2/h4-16H,3,17-20H2,1-2H3. The van der Waals surface area contributed by atoms with Crippen LogP contribution in [0, 0.1) is 0 Å². The van der Waals surface area contributed by atoms with E-state index >= 15 is 0 Å². The SMILES string of the molecule is CCN1CCN(C(=S)N=P(c2ccccc2)(c2ccccc2)c2cccn2C)CC1. The molecule has 30 heavy (non-hydrogen) atoms. The lowest BCUT2D eigenvalue weighted by atomic mass is 10.3. The first-order valence-corrected chi connectivity index (χ1v) is 12.7. The fraction of sp³-hybridized carbons (Fsp3) is 0.292. The van der Waals surface area contributed by atoms with Gasteiger partial charge in [-0.25, -0.2) is 4.74 Å². The normalized spacial score (nSPS) is 15.2. The summed E-state index contributed by atoms with van der Waals surface area (Å²) >= 11 is 5.97. The van der Waals surface area contributed by atoms with Gasteiger partial charge in [0.15, 0.2) is 5.11 Å². The summed E-state index contributed by atoms with van der Waals surface area (Å²) in [6.45, 7) is 7.26. The highest BCUT2D eigenvalue weighted by Crippen LogP contribution is 2.46. The summed E-state index contributed by atoms with van der Waals surface area (Å²) < 4.78 is 7.66. The number of thiocarbonyl (C=S) groups is 1. The number of benzene rings is 2. The van der Waals surface area contributed by atoms with Gasteiger partial charge in [0.2, 0.25) is 0 Å². The van der Waals surface area contributed by atoms with Gasteiger partial charge in [-0.05, 0) is 30.9 Å². The second kappa shape index (κ2) is 9.30. The summed E-state index contributed by atoms with van der Waals surface area (Å²) in [5, 5.41) is 3.19. The first-order valence-electron chi connectivity index (χ1n) is 10.5. The molecule has 0 radical (unpaired) electrons. The molecule has 3 aromatic rings. The predicted molar refractivity (Wildman–Crippen MR) is 133 cm³/mol. The maximum absolute atomic E-state index is 5.97. The molecule has 1 fully saturated rings. The molecule has 0 atom stereocenters. The lowest BCUT2D eigenvalue weighted by Crippen LogP contribution is -2.47. The largest absolute Gasteiger partial charge is 0.349 e. The number of aryl methyl sites for hydroxylation is 1. The molecule has 4 nitrogen and oxygen atoms in total. The van der Waals surface area contributed by atoms with Crippen LogP contribution in [0.5, 0.6) is 0 Å². The van der Waals surface area contributed by atoms with Gasteiger partial charge in [-0.3, -0.25) is 0 Å². The Labute approximate surface area is 185 Å². The van der Waals surface area contributed by atoms with Crippen LogP contribution in [-0.4, -0.2) is 52.2 Å². The average Bonchev–Trinajstić information content (AvgIpc) is 3.24. The van der Waals surface area contributed by atoms with Crippen LogP contribution in [0.3, 0.4) is 0 Å². The smallest absolute Gasteiger partial charge is 0.195 e. The topological polar surface area (TPSA) is 23.8 Å². The average molecular weight is 437 g/mol. The molecule has 2 aromatic carbocycles. The number of hydrogen-bond donors (Lipinski definition) is 0. The van der Waals surface area contributed by atoms with Crippen molar-refractivity contribution < 1.29 is 0 Å². The van der Waals surface area contributed by atoms with Crippen LogP contribution in [0.2, 0.25) is 0 Å². The molecule has 1 aromatic heterocycles. The molecule has 0 unspecified atom stereocenters. The number of nitrogens with zero attached hydrogens (tertiary/aromatic N) is 4. The maximum atomic E-state index is 5.97. The molecule has 2 heterocycles. The number of piperazine rings is 1. The zero-order valence-electron chi connectivity index (χ0n) is 17.7. The van der Waals surface area contributed by atoms with Crippen LogP contribution in [0.25, 0.3) is 0 Å². The Kier molecular flexibility index (Phi) is 6.52. The van der Waals surface area contributed by atoms with Crippen molar-refractivity contribution in [2.45, 2.75) is 6.92 Å². The molecule has 0 saturated carbocycles. The number of hydrogen-bond acceptors (Lipinski definition) is 2. The van der Waals surface area contributed by atoms with Crippen LogP contribution >= 0.6 is 19.3 Å². The quantitative estimate of drug-likeness (QED) is 0.463. The van der Waals surface area contributed by atoms with Crippen molar-refractivity contribution in [3.05, 3.63) is 79.0 Å². The third-order valence-corrected chi connectivity index (χ3v) is 10.0. The summed E-state index contributed by atoms with van der Waals surface area (Å²) in [5.41, 5.74) is 1.22. The fourth-order valence-corrected chi connectivity index (χ4v) is 8.23. The van der Waals surface area contributed by atoms with Crippen molar-refractivity contribution >= 4 is 40.4 Å². The second-order valence-electron chi connectivity index (χ2n) is 7.59. The van der Waals surface area contributed by atoms with Crippen LogP contribution in [-0.2, 0) is 7.05 Å². The summed E-state index contributed by atoms with van der Waals surface area (Å²) in [6, 6.07) is 25.7. The zero-order valence-corrected chi connectivity index (χ0v) is 19.4. The van der Waals surface area contributed by atoms with E-state index in [0.717, 1.165) is 37.8 Å². The predicted octanol–water partition coefficient (Wildman–Crippen LogP) is 3.43. The van der Waals surface area contributed by atoms with Crippen LogP contribution < -0.4 is 16.0 Å². The van der Waals surface area contributed by atoms with Gasteiger partial charge in [0, 0.05) is 50.0 Å². The van der Waals surface area contributed by atoms with Crippen molar-refractivity contribution in [2.75, 3.05) is 32.7 Å². The fourth-order valence-electron chi connectivity index (χ4n) is 4.10. The van der Waals surface area contributed by atoms with Crippen molar-refractivity contribution in [2.24, 2.45) is 11.8 Å². The van der Waals surface area contributed by atoms with Crippen LogP contribution in [0.4, 0.5) is 0 Å². The summed E-state index contributed by atoms with van der Waals surface area (Å²) in [4.78, 5) is 4.75. The van der Waals surface area contributed by atoms with Gasteiger partial charge in [-0.1, -0.05) is 67.6 Å². The van der Waals surface area contributed by atoms with Gasteiger partial charge >= 0.3 is 0 Å². The number of rotatable bonds is 4. The molecule has 0 bridgehead atoms. The van der Waals surface area contributed by atoms with Gasteiger partial charge in [0.05, 0.1) is 12.5 Å².